The van der Waals surface area contributed by atoms with Gasteiger partial charge in [-0.3, -0.25) is 9.59 Å². The average molecular weight is 434 g/mol. The molecule has 9 heteroatoms. The minimum atomic E-state index is -0.916. The molecule has 0 saturated carbocycles. The summed E-state index contributed by atoms with van der Waals surface area (Å²) in [6, 6.07) is 10.2. The van der Waals surface area contributed by atoms with Crippen LogP contribution in [-0.2, 0) is 10.5 Å². The van der Waals surface area contributed by atoms with Gasteiger partial charge in [0.15, 0.2) is 5.16 Å². The molecular weight excluding hydrogens is 420 g/mol. The van der Waals surface area contributed by atoms with Crippen molar-refractivity contribution in [2.24, 2.45) is 0 Å². The van der Waals surface area contributed by atoms with Gasteiger partial charge in [0.05, 0.1) is 5.56 Å². The van der Waals surface area contributed by atoms with Gasteiger partial charge in [-0.1, -0.05) is 35.5 Å². The van der Waals surface area contributed by atoms with Crippen molar-refractivity contribution < 1.29 is 13.6 Å². The molecule has 0 saturated heterocycles. The molecule has 148 valence electrons. The van der Waals surface area contributed by atoms with Gasteiger partial charge in [0.2, 0.25) is 5.91 Å². The molecule has 0 unspecified atom stereocenters. The number of aromatic nitrogens is 2. The van der Waals surface area contributed by atoms with E-state index in [2.05, 4.69) is 15.3 Å². The molecule has 2 heterocycles. The predicted octanol–water partition coefficient (Wildman–Crippen LogP) is 4.47. The molecule has 0 spiro atoms. The molecule has 5 nitrogen and oxygen atoms in total. The van der Waals surface area contributed by atoms with E-state index in [9.17, 15) is 18.4 Å². The quantitative estimate of drug-likeness (QED) is 0.470. The Balaban J connectivity index is 1.67. The van der Waals surface area contributed by atoms with Gasteiger partial charge in [-0.25, -0.2) is 13.8 Å². The first kappa shape index (κ1) is 19.6. The van der Waals surface area contributed by atoms with E-state index < -0.39 is 29.0 Å². The van der Waals surface area contributed by atoms with Crippen LogP contribution in [0.5, 0.6) is 0 Å². The van der Waals surface area contributed by atoms with E-state index in [0.717, 1.165) is 23.8 Å². The third kappa shape index (κ3) is 4.18. The second kappa shape index (κ2) is 7.96. The fraction of sp³-hybridized carbons (Fsp3) is 0.150. The number of carbonyl (C=O) groups excluding carboxylic acids is 1. The van der Waals surface area contributed by atoms with Gasteiger partial charge in [0.1, 0.15) is 17.5 Å². The highest BCUT2D eigenvalue weighted by Gasteiger charge is 2.32. The molecule has 1 aliphatic heterocycles. The zero-order valence-electron chi connectivity index (χ0n) is 14.8. The molecule has 2 aromatic carbocycles. The van der Waals surface area contributed by atoms with Crippen LogP contribution >= 0.6 is 23.4 Å². The van der Waals surface area contributed by atoms with Crippen LogP contribution in [0.2, 0.25) is 5.02 Å². The van der Waals surface area contributed by atoms with Crippen LogP contribution in [0.1, 0.15) is 29.0 Å². The molecule has 4 rings (SSSR count). The van der Waals surface area contributed by atoms with Crippen LogP contribution < -0.4 is 10.9 Å². The second-order valence-electron chi connectivity index (χ2n) is 6.52. The molecule has 1 aliphatic rings. The monoisotopic (exact) mass is 433 g/mol. The van der Waals surface area contributed by atoms with E-state index in [-0.39, 0.29) is 23.4 Å². The lowest BCUT2D eigenvalue weighted by Gasteiger charge is -2.24. The third-order valence-electron chi connectivity index (χ3n) is 4.55. The first-order chi connectivity index (χ1) is 13.9. The molecule has 0 bridgehead atoms. The smallest absolute Gasteiger partial charge is 0.257 e. The lowest BCUT2D eigenvalue weighted by atomic mass is 9.86. The van der Waals surface area contributed by atoms with E-state index >= 15 is 0 Å². The van der Waals surface area contributed by atoms with Gasteiger partial charge in [0.25, 0.3) is 5.56 Å². The zero-order chi connectivity index (χ0) is 20.5. The Morgan fingerprint density at radius 1 is 1.14 bits per heavy atom. The molecule has 0 fully saturated rings. The number of carbonyl (C=O) groups is 1. The maximum atomic E-state index is 14.3. The highest BCUT2D eigenvalue weighted by molar-refractivity contribution is 7.98. The first-order valence-corrected chi connectivity index (χ1v) is 10.0. The van der Waals surface area contributed by atoms with E-state index in [1.54, 1.807) is 12.1 Å². The van der Waals surface area contributed by atoms with Crippen LogP contribution in [0.4, 0.5) is 14.6 Å². The average Bonchev–Trinajstić information content (AvgIpc) is 2.68. The number of hydrogen-bond donors (Lipinski definition) is 2. The number of hydrogen-bond acceptors (Lipinski definition) is 4. The summed E-state index contributed by atoms with van der Waals surface area (Å²) in [4.78, 5) is 31.9. The maximum Gasteiger partial charge on any atom is 0.257 e. The number of thioether (sulfide) groups is 1. The molecule has 0 aliphatic carbocycles. The van der Waals surface area contributed by atoms with Crippen molar-refractivity contribution in [3.8, 4) is 0 Å². The summed E-state index contributed by atoms with van der Waals surface area (Å²) in [7, 11) is 0. The topological polar surface area (TPSA) is 74.8 Å². The minimum Gasteiger partial charge on any atom is -0.310 e. The Kier molecular flexibility index (Phi) is 5.38. The Morgan fingerprint density at radius 2 is 1.90 bits per heavy atom. The summed E-state index contributed by atoms with van der Waals surface area (Å²) >= 11 is 7.15. The number of halogens is 3. The number of rotatable bonds is 4. The molecule has 1 atom stereocenters. The summed E-state index contributed by atoms with van der Waals surface area (Å²) in [5.74, 6) is -2.07. The molecule has 3 aromatic rings. The van der Waals surface area contributed by atoms with Gasteiger partial charge in [-0.2, -0.15) is 0 Å². The van der Waals surface area contributed by atoms with E-state index in [1.807, 2.05) is 12.1 Å². The summed E-state index contributed by atoms with van der Waals surface area (Å²) < 4.78 is 27.9. The summed E-state index contributed by atoms with van der Waals surface area (Å²) in [5.41, 5.74) is 0.547. The Bertz CT molecular complexity index is 1150. The molecule has 29 heavy (non-hydrogen) atoms. The fourth-order valence-electron chi connectivity index (χ4n) is 3.20. The van der Waals surface area contributed by atoms with Crippen molar-refractivity contribution in [3.05, 3.63) is 86.2 Å². The summed E-state index contributed by atoms with van der Waals surface area (Å²) in [6.45, 7) is 0. The maximum absolute atomic E-state index is 14.3. The normalized spacial score (nSPS) is 15.7. The largest absolute Gasteiger partial charge is 0.310 e. The standard InChI is InChI=1S/C20H14ClF2N3O2S/c21-11-3-1-10(2-4-11)9-29-20-25-18-17(19(28)26-20)14(8-16(27)24-18)13-7-12(22)5-6-15(13)23/h1-7,14H,8-9H2,(H2,24,25,26,27,28)/t14-/m0/s1. The third-order valence-corrected chi connectivity index (χ3v) is 5.75. The molecule has 1 aromatic heterocycles. The number of nitrogens with zero attached hydrogens (tertiary/aromatic N) is 1. The van der Waals surface area contributed by atoms with Crippen LogP contribution in [0.15, 0.2) is 52.4 Å². The lowest BCUT2D eigenvalue weighted by Crippen LogP contribution is -2.31. The molecular formula is C20H14ClF2N3O2S. The fourth-order valence-corrected chi connectivity index (χ4v) is 4.14. The Hall–Kier alpha value is -2.71. The van der Waals surface area contributed by atoms with Crippen molar-refractivity contribution in [1.29, 1.82) is 0 Å². The number of anilines is 1. The number of aromatic amines is 1. The summed E-state index contributed by atoms with van der Waals surface area (Å²) in [6.07, 6.45) is -0.171. The predicted molar refractivity (Wildman–Crippen MR) is 107 cm³/mol. The van der Waals surface area contributed by atoms with Gasteiger partial charge in [0, 0.05) is 23.1 Å². The van der Waals surface area contributed by atoms with E-state index in [1.165, 1.54) is 11.8 Å². The molecule has 1 amide bonds. The second-order valence-corrected chi connectivity index (χ2v) is 7.92. The zero-order valence-corrected chi connectivity index (χ0v) is 16.4. The van der Waals surface area contributed by atoms with Crippen molar-refractivity contribution in [3.63, 3.8) is 0 Å². The SMILES string of the molecule is O=C1C[C@@H](c2cc(F)ccc2F)c2c(nc(SCc3ccc(Cl)cc3)[nH]c2=O)N1. The van der Waals surface area contributed by atoms with Gasteiger partial charge >= 0.3 is 0 Å². The van der Waals surface area contributed by atoms with Crippen molar-refractivity contribution in [2.75, 3.05) is 5.32 Å². The van der Waals surface area contributed by atoms with E-state index in [0.29, 0.717) is 15.9 Å². The van der Waals surface area contributed by atoms with Crippen LogP contribution in [-0.4, -0.2) is 15.9 Å². The summed E-state index contributed by atoms with van der Waals surface area (Å²) in [5, 5.41) is 3.50. The molecule has 2 N–H and O–H groups in total. The van der Waals surface area contributed by atoms with Crippen molar-refractivity contribution in [1.82, 2.24) is 9.97 Å². The Morgan fingerprint density at radius 3 is 2.66 bits per heavy atom. The van der Waals surface area contributed by atoms with E-state index in [4.69, 9.17) is 11.6 Å². The van der Waals surface area contributed by atoms with Gasteiger partial charge in [-0.15, -0.1) is 0 Å². The molecule has 0 radical (unpaired) electrons. The Labute approximate surface area is 173 Å². The first-order valence-electron chi connectivity index (χ1n) is 8.67. The highest BCUT2D eigenvalue weighted by atomic mass is 35.5. The van der Waals surface area contributed by atoms with Crippen LogP contribution in [0, 0.1) is 11.6 Å². The van der Waals surface area contributed by atoms with Crippen LogP contribution in [0.3, 0.4) is 0 Å². The minimum absolute atomic E-state index is 0.0463. The van der Waals surface area contributed by atoms with Gasteiger partial charge in [-0.05, 0) is 41.5 Å². The van der Waals surface area contributed by atoms with Gasteiger partial charge < -0.3 is 10.3 Å². The van der Waals surface area contributed by atoms with Crippen molar-refractivity contribution >= 4 is 35.1 Å². The number of fused-ring (bicyclic) bond motifs is 1. The number of amides is 1. The number of benzene rings is 2. The van der Waals surface area contributed by atoms with Crippen molar-refractivity contribution in [2.45, 2.75) is 23.2 Å². The highest BCUT2D eigenvalue weighted by Crippen LogP contribution is 2.36. The lowest BCUT2D eigenvalue weighted by molar-refractivity contribution is -0.116. The number of H-pyrrole nitrogens is 1. The van der Waals surface area contributed by atoms with Crippen LogP contribution in [0.25, 0.3) is 0 Å². The number of nitrogens with one attached hydrogen (secondary N) is 2.